The minimum Gasteiger partial charge on any atom is -0.497 e. The quantitative estimate of drug-likeness (QED) is 0.591. The second kappa shape index (κ2) is 9.18. The Bertz CT molecular complexity index is 1110. The van der Waals surface area contributed by atoms with Crippen LogP contribution in [-0.4, -0.2) is 31.0 Å². The molecule has 0 aliphatic heterocycles. The van der Waals surface area contributed by atoms with E-state index in [-0.39, 0.29) is 11.8 Å². The molecule has 0 atom stereocenters. The summed E-state index contributed by atoms with van der Waals surface area (Å²) in [6.07, 6.45) is 6.96. The van der Waals surface area contributed by atoms with Crippen LogP contribution in [0.2, 0.25) is 0 Å². The lowest BCUT2D eigenvalue weighted by atomic mass is 9.95. The van der Waals surface area contributed by atoms with Crippen molar-refractivity contribution in [2.75, 3.05) is 24.9 Å². The molecule has 0 spiro atoms. The van der Waals surface area contributed by atoms with Gasteiger partial charge in [0, 0.05) is 28.9 Å². The highest BCUT2D eigenvalue weighted by molar-refractivity contribution is 7.17. The number of fused-ring (bicyclic) bond motifs is 1. The molecule has 1 aliphatic rings. The maximum Gasteiger partial charge on any atom is 0.259 e. The van der Waals surface area contributed by atoms with Crippen molar-refractivity contribution in [2.24, 2.45) is 0 Å². The molecular formula is C23H23N3O4S. The number of pyridine rings is 1. The highest BCUT2D eigenvalue weighted by Crippen LogP contribution is 2.39. The number of ether oxygens (including phenoxy) is 2. The van der Waals surface area contributed by atoms with Crippen molar-refractivity contribution < 1.29 is 19.1 Å². The maximum atomic E-state index is 13.4. The monoisotopic (exact) mass is 437 g/mol. The number of benzene rings is 1. The number of amides is 2. The van der Waals surface area contributed by atoms with E-state index in [0.717, 1.165) is 36.1 Å². The standard InChI is InChI=1S/C23H23N3O4S/c1-29-15-7-8-18(30-2)17(13-15)25-22(28)20-16-5-3-4-6-19(16)31-23(20)26-21(27)14-9-11-24-12-10-14/h7-13H,3-6H2,1-2H3,(H,25,28)(H,26,27). The minimum absolute atomic E-state index is 0.269. The van der Waals surface area contributed by atoms with Gasteiger partial charge in [0.05, 0.1) is 25.5 Å². The zero-order valence-corrected chi connectivity index (χ0v) is 18.2. The molecule has 0 bridgehead atoms. The van der Waals surface area contributed by atoms with Gasteiger partial charge in [-0.2, -0.15) is 0 Å². The summed E-state index contributed by atoms with van der Waals surface area (Å²) in [5.41, 5.74) is 2.53. The molecule has 4 rings (SSSR count). The van der Waals surface area contributed by atoms with Crippen LogP contribution >= 0.6 is 11.3 Å². The largest absolute Gasteiger partial charge is 0.497 e. The van der Waals surface area contributed by atoms with Gasteiger partial charge in [0.2, 0.25) is 0 Å². The average Bonchev–Trinajstić information content (AvgIpc) is 3.17. The van der Waals surface area contributed by atoms with Crippen LogP contribution in [-0.2, 0) is 12.8 Å². The Morgan fingerprint density at radius 3 is 2.48 bits per heavy atom. The lowest BCUT2D eigenvalue weighted by Crippen LogP contribution is -2.19. The van der Waals surface area contributed by atoms with Crippen molar-refractivity contribution >= 4 is 33.8 Å². The molecule has 1 aliphatic carbocycles. The third kappa shape index (κ3) is 4.39. The summed E-state index contributed by atoms with van der Waals surface area (Å²) in [4.78, 5) is 31.2. The van der Waals surface area contributed by atoms with Crippen molar-refractivity contribution in [1.82, 2.24) is 4.98 Å². The molecule has 160 valence electrons. The van der Waals surface area contributed by atoms with Crippen LogP contribution in [0.1, 0.15) is 44.0 Å². The Balaban J connectivity index is 1.68. The Morgan fingerprint density at radius 1 is 0.968 bits per heavy atom. The summed E-state index contributed by atoms with van der Waals surface area (Å²) in [6.45, 7) is 0. The first-order valence-corrected chi connectivity index (χ1v) is 10.8. The van der Waals surface area contributed by atoms with Gasteiger partial charge in [0.25, 0.3) is 11.8 Å². The molecule has 8 heteroatoms. The van der Waals surface area contributed by atoms with E-state index in [9.17, 15) is 9.59 Å². The first kappa shape index (κ1) is 20.9. The molecule has 2 amide bonds. The summed E-state index contributed by atoms with van der Waals surface area (Å²) >= 11 is 1.48. The van der Waals surface area contributed by atoms with Gasteiger partial charge >= 0.3 is 0 Å². The van der Waals surface area contributed by atoms with Gasteiger partial charge in [-0.05, 0) is 55.5 Å². The summed E-state index contributed by atoms with van der Waals surface area (Å²) < 4.78 is 10.7. The van der Waals surface area contributed by atoms with Crippen molar-refractivity contribution in [3.8, 4) is 11.5 Å². The number of rotatable bonds is 6. The number of thiophene rings is 1. The van der Waals surface area contributed by atoms with Crippen LogP contribution < -0.4 is 20.1 Å². The van der Waals surface area contributed by atoms with Gasteiger partial charge in [0.1, 0.15) is 16.5 Å². The Hall–Kier alpha value is -3.39. The van der Waals surface area contributed by atoms with Gasteiger partial charge in [-0.1, -0.05) is 0 Å². The van der Waals surface area contributed by atoms with E-state index in [2.05, 4.69) is 15.6 Å². The topological polar surface area (TPSA) is 89.5 Å². The van der Waals surface area contributed by atoms with Gasteiger partial charge in [-0.15, -0.1) is 11.3 Å². The SMILES string of the molecule is COc1ccc(OC)c(NC(=O)c2c(NC(=O)c3ccncc3)sc3c2CCCC3)c1. The first-order chi connectivity index (χ1) is 15.1. The Morgan fingerprint density at radius 2 is 1.74 bits per heavy atom. The summed E-state index contributed by atoms with van der Waals surface area (Å²) in [5.74, 6) is 0.584. The van der Waals surface area contributed by atoms with Crippen molar-refractivity contribution in [1.29, 1.82) is 0 Å². The Labute approximate surface area is 184 Å². The predicted molar refractivity (Wildman–Crippen MR) is 121 cm³/mol. The van der Waals surface area contributed by atoms with E-state index >= 15 is 0 Å². The fourth-order valence-corrected chi connectivity index (χ4v) is 4.95. The fourth-order valence-electron chi connectivity index (χ4n) is 3.67. The van der Waals surface area contributed by atoms with E-state index in [1.807, 2.05) is 0 Å². The summed E-state index contributed by atoms with van der Waals surface area (Å²) in [7, 11) is 3.11. The van der Waals surface area contributed by atoms with Crippen LogP contribution in [0.4, 0.5) is 10.7 Å². The van der Waals surface area contributed by atoms with Crippen LogP contribution in [0.5, 0.6) is 11.5 Å². The number of nitrogens with one attached hydrogen (secondary N) is 2. The zero-order chi connectivity index (χ0) is 21.8. The number of methoxy groups -OCH3 is 2. The molecule has 0 radical (unpaired) electrons. The normalized spacial score (nSPS) is 12.6. The number of aromatic nitrogens is 1. The number of anilines is 2. The van der Waals surface area contributed by atoms with Crippen LogP contribution in [0, 0.1) is 0 Å². The highest BCUT2D eigenvalue weighted by Gasteiger charge is 2.27. The van der Waals surface area contributed by atoms with Crippen molar-refractivity contribution in [3.05, 3.63) is 64.3 Å². The van der Waals surface area contributed by atoms with E-state index in [0.29, 0.717) is 33.3 Å². The number of carbonyl (C=O) groups excluding carboxylic acids is 2. The van der Waals surface area contributed by atoms with E-state index < -0.39 is 0 Å². The van der Waals surface area contributed by atoms with E-state index in [1.54, 1.807) is 56.9 Å². The fraction of sp³-hybridized carbons (Fsp3) is 0.261. The summed E-state index contributed by atoms with van der Waals surface area (Å²) in [5, 5.41) is 6.44. The van der Waals surface area contributed by atoms with Crippen LogP contribution in [0.3, 0.4) is 0 Å². The lowest BCUT2D eigenvalue weighted by Gasteiger charge is -2.15. The summed E-state index contributed by atoms with van der Waals surface area (Å²) in [6, 6.07) is 8.50. The van der Waals surface area contributed by atoms with Gasteiger partial charge in [0.15, 0.2) is 0 Å². The number of aryl methyl sites for hydroxylation is 1. The second-order valence-electron chi connectivity index (χ2n) is 7.13. The molecule has 2 N–H and O–H groups in total. The lowest BCUT2D eigenvalue weighted by molar-refractivity contribution is 0.102. The molecule has 31 heavy (non-hydrogen) atoms. The van der Waals surface area contributed by atoms with Gasteiger partial charge < -0.3 is 20.1 Å². The number of carbonyl (C=O) groups is 2. The highest BCUT2D eigenvalue weighted by atomic mass is 32.1. The molecular weight excluding hydrogens is 414 g/mol. The predicted octanol–water partition coefficient (Wildman–Crippen LogP) is 4.54. The molecule has 2 aromatic heterocycles. The van der Waals surface area contributed by atoms with Crippen LogP contribution in [0.15, 0.2) is 42.7 Å². The zero-order valence-electron chi connectivity index (χ0n) is 17.4. The molecule has 3 aromatic rings. The molecule has 1 aromatic carbocycles. The van der Waals surface area contributed by atoms with Gasteiger partial charge in [-0.3, -0.25) is 14.6 Å². The minimum atomic E-state index is -0.281. The number of hydrogen-bond donors (Lipinski definition) is 2. The van der Waals surface area contributed by atoms with E-state index in [4.69, 9.17) is 9.47 Å². The maximum absolute atomic E-state index is 13.4. The molecule has 0 fully saturated rings. The van der Waals surface area contributed by atoms with Gasteiger partial charge in [-0.25, -0.2) is 0 Å². The smallest absolute Gasteiger partial charge is 0.259 e. The molecule has 0 unspecified atom stereocenters. The number of hydrogen-bond acceptors (Lipinski definition) is 6. The molecule has 2 heterocycles. The second-order valence-corrected chi connectivity index (χ2v) is 8.23. The third-order valence-corrected chi connectivity index (χ3v) is 6.43. The average molecular weight is 438 g/mol. The molecule has 0 saturated carbocycles. The van der Waals surface area contributed by atoms with E-state index in [1.165, 1.54) is 11.3 Å². The Kier molecular flexibility index (Phi) is 6.18. The number of nitrogens with zero attached hydrogens (tertiary/aromatic N) is 1. The molecule has 7 nitrogen and oxygen atoms in total. The first-order valence-electron chi connectivity index (χ1n) is 10.00. The van der Waals surface area contributed by atoms with Crippen LogP contribution in [0.25, 0.3) is 0 Å². The third-order valence-electron chi connectivity index (χ3n) is 5.22. The van der Waals surface area contributed by atoms with Crippen molar-refractivity contribution in [2.45, 2.75) is 25.7 Å². The molecule has 0 saturated heterocycles. The van der Waals surface area contributed by atoms with Crippen molar-refractivity contribution in [3.63, 3.8) is 0 Å².